The van der Waals surface area contributed by atoms with Crippen molar-refractivity contribution in [3.8, 4) is 0 Å². The first-order valence-electron chi connectivity index (χ1n) is 2.87. The second-order valence-corrected chi connectivity index (χ2v) is 2.00. The highest BCUT2D eigenvalue weighted by molar-refractivity contribution is 5.86. The van der Waals surface area contributed by atoms with Gasteiger partial charge in [-0.2, -0.15) is 0 Å². The second kappa shape index (κ2) is 3.77. The van der Waals surface area contributed by atoms with E-state index in [0.717, 1.165) is 4.90 Å². The van der Waals surface area contributed by atoms with Gasteiger partial charge in [-0.15, -0.1) is 4.91 Å². The van der Waals surface area contributed by atoms with E-state index in [-0.39, 0.29) is 0 Å². The largest absolute Gasteiger partial charge is 0.323 e. The highest BCUT2D eigenvalue weighted by Gasteiger charge is 2.20. The number of amides is 2. The highest BCUT2D eigenvalue weighted by atomic mass is 16.3. The number of nitroso groups, excluding NO2 is 1. The molecule has 6 nitrogen and oxygen atoms in total. The first-order chi connectivity index (χ1) is 5.00. The summed E-state index contributed by atoms with van der Waals surface area (Å²) in [5.74, 6) is -1.45. The van der Waals surface area contributed by atoms with Crippen molar-refractivity contribution < 1.29 is 9.59 Å². The maximum absolute atomic E-state index is 10.6. The molecule has 0 aromatic carbocycles. The van der Waals surface area contributed by atoms with E-state index < -0.39 is 18.0 Å². The summed E-state index contributed by atoms with van der Waals surface area (Å²) in [5.41, 5.74) is 5.13. The topological polar surface area (TPSA) is 92.8 Å². The minimum Gasteiger partial charge on any atom is -0.322 e. The minimum absolute atomic E-state index is 0.394. The minimum atomic E-state index is -1.26. The number of nitrogens with zero attached hydrogens (tertiary/aromatic N) is 2. The van der Waals surface area contributed by atoms with Crippen molar-refractivity contribution in [2.75, 3.05) is 7.05 Å². The van der Waals surface area contributed by atoms with Gasteiger partial charge in [0.25, 0.3) is 0 Å². The maximum Gasteiger partial charge on any atom is 0.323 e. The molecule has 0 bridgehead atoms. The van der Waals surface area contributed by atoms with Crippen LogP contribution in [0.15, 0.2) is 5.18 Å². The molecule has 0 rings (SSSR count). The van der Waals surface area contributed by atoms with Crippen molar-refractivity contribution in [2.45, 2.75) is 13.1 Å². The third-order valence-electron chi connectivity index (χ3n) is 1.26. The van der Waals surface area contributed by atoms with Gasteiger partial charge in [0.1, 0.15) is 0 Å². The van der Waals surface area contributed by atoms with Gasteiger partial charge in [-0.1, -0.05) is 0 Å². The van der Waals surface area contributed by atoms with Crippen molar-refractivity contribution >= 4 is 11.8 Å². The van der Waals surface area contributed by atoms with E-state index in [9.17, 15) is 14.5 Å². The third kappa shape index (κ3) is 2.42. The lowest BCUT2D eigenvalue weighted by Crippen LogP contribution is -2.46. The fourth-order valence-electron chi connectivity index (χ4n) is 0.416. The Morgan fingerprint density at radius 1 is 1.55 bits per heavy atom. The summed E-state index contributed by atoms with van der Waals surface area (Å²) in [6.45, 7) is 1.23. The molecule has 0 saturated heterocycles. The molecule has 2 amide bonds. The SMILES string of the molecule is CC(=O)N(C)[C@H](N)C(=O)N=O. The third-order valence-corrected chi connectivity index (χ3v) is 1.26. The van der Waals surface area contributed by atoms with E-state index in [0.29, 0.717) is 0 Å². The quantitative estimate of drug-likeness (QED) is 0.415. The summed E-state index contributed by atoms with van der Waals surface area (Å²) in [6.07, 6.45) is -1.26. The second-order valence-electron chi connectivity index (χ2n) is 2.00. The lowest BCUT2D eigenvalue weighted by Gasteiger charge is -2.18. The Hall–Kier alpha value is -1.30. The predicted octanol–water partition coefficient (Wildman–Crippen LogP) is -0.957. The van der Waals surface area contributed by atoms with Gasteiger partial charge in [0.15, 0.2) is 6.17 Å². The van der Waals surface area contributed by atoms with Crippen LogP contribution in [0.2, 0.25) is 0 Å². The van der Waals surface area contributed by atoms with E-state index in [2.05, 4.69) is 5.18 Å². The molecule has 0 unspecified atom stereocenters. The molecular weight excluding hydrogens is 150 g/mol. The molecule has 0 aliphatic heterocycles. The first-order valence-corrected chi connectivity index (χ1v) is 2.87. The Morgan fingerprint density at radius 3 is 2.27 bits per heavy atom. The molecule has 0 aliphatic carbocycles. The van der Waals surface area contributed by atoms with Gasteiger partial charge in [0, 0.05) is 19.1 Å². The van der Waals surface area contributed by atoms with Gasteiger partial charge in [-0.05, 0) is 0 Å². The number of hydrogen-bond donors (Lipinski definition) is 1. The van der Waals surface area contributed by atoms with Gasteiger partial charge >= 0.3 is 5.91 Å². The molecule has 0 aliphatic rings. The van der Waals surface area contributed by atoms with Crippen LogP contribution in [0, 0.1) is 4.91 Å². The Kier molecular flexibility index (Phi) is 3.32. The number of carbonyl (C=O) groups is 2. The van der Waals surface area contributed by atoms with Crippen molar-refractivity contribution in [2.24, 2.45) is 10.9 Å². The molecule has 6 heteroatoms. The summed E-state index contributed by atoms with van der Waals surface area (Å²) in [7, 11) is 1.32. The molecule has 0 saturated carbocycles. The predicted molar refractivity (Wildman–Crippen MR) is 37.2 cm³/mol. The van der Waals surface area contributed by atoms with Crippen molar-refractivity contribution in [3.05, 3.63) is 4.91 Å². The zero-order valence-electron chi connectivity index (χ0n) is 6.27. The fraction of sp³-hybridized carbons (Fsp3) is 0.600. The van der Waals surface area contributed by atoms with Crippen LogP contribution in [0.3, 0.4) is 0 Å². The molecule has 0 aromatic heterocycles. The number of carbonyl (C=O) groups excluding carboxylic acids is 2. The molecule has 0 heterocycles. The number of likely N-dealkylation sites (N-methyl/N-ethyl adjacent to an activating group) is 1. The molecular formula is C5H9N3O3. The Labute approximate surface area is 63.3 Å². The molecule has 0 fully saturated rings. The molecule has 2 N–H and O–H groups in total. The van der Waals surface area contributed by atoms with Crippen LogP contribution in [-0.2, 0) is 9.59 Å². The van der Waals surface area contributed by atoms with Crippen LogP contribution in [0.1, 0.15) is 6.92 Å². The number of nitrogens with two attached hydrogens (primary N) is 1. The van der Waals surface area contributed by atoms with Gasteiger partial charge in [0.2, 0.25) is 5.91 Å². The van der Waals surface area contributed by atoms with Crippen LogP contribution < -0.4 is 5.73 Å². The molecule has 0 radical (unpaired) electrons. The summed E-state index contributed by atoms with van der Waals surface area (Å²) in [6, 6.07) is 0. The molecule has 62 valence electrons. The Morgan fingerprint density at radius 2 is 2.00 bits per heavy atom. The molecule has 0 spiro atoms. The smallest absolute Gasteiger partial charge is 0.322 e. The number of hydrogen-bond acceptors (Lipinski definition) is 4. The van der Waals surface area contributed by atoms with Gasteiger partial charge in [-0.3, -0.25) is 9.59 Å². The van der Waals surface area contributed by atoms with Crippen molar-refractivity contribution in [1.29, 1.82) is 0 Å². The summed E-state index contributed by atoms with van der Waals surface area (Å²) in [4.78, 5) is 31.6. The zero-order valence-corrected chi connectivity index (χ0v) is 6.27. The maximum atomic E-state index is 10.6. The molecule has 11 heavy (non-hydrogen) atoms. The first kappa shape index (κ1) is 9.70. The summed E-state index contributed by atoms with van der Waals surface area (Å²) in [5, 5.41) is 2.08. The summed E-state index contributed by atoms with van der Waals surface area (Å²) < 4.78 is 0. The van der Waals surface area contributed by atoms with Crippen molar-refractivity contribution in [3.63, 3.8) is 0 Å². The standard InChI is InChI=1S/C5H9N3O3/c1-3(9)8(2)4(6)5(10)7-11/h4H,6H2,1-2H3/t4-/m0/s1. The van der Waals surface area contributed by atoms with Gasteiger partial charge < -0.3 is 10.6 Å². The van der Waals surface area contributed by atoms with E-state index in [4.69, 9.17) is 5.73 Å². The van der Waals surface area contributed by atoms with E-state index in [1.807, 2.05) is 0 Å². The average Bonchev–Trinajstić information content (AvgIpc) is 2.00. The molecule has 0 aromatic rings. The lowest BCUT2D eigenvalue weighted by molar-refractivity contribution is -0.135. The van der Waals surface area contributed by atoms with E-state index in [1.54, 1.807) is 0 Å². The number of rotatable bonds is 2. The monoisotopic (exact) mass is 159 g/mol. The lowest BCUT2D eigenvalue weighted by atomic mass is 10.4. The van der Waals surface area contributed by atoms with Crippen molar-refractivity contribution in [1.82, 2.24) is 4.90 Å². The van der Waals surface area contributed by atoms with Gasteiger partial charge in [-0.25, -0.2) is 0 Å². The Bertz CT molecular complexity index is 191. The van der Waals surface area contributed by atoms with Crippen LogP contribution in [0.5, 0.6) is 0 Å². The van der Waals surface area contributed by atoms with Crippen LogP contribution in [-0.4, -0.2) is 29.9 Å². The average molecular weight is 159 g/mol. The Balaban J connectivity index is 4.23. The van der Waals surface area contributed by atoms with Crippen LogP contribution >= 0.6 is 0 Å². The van der Waals surface area contributed by atoms with Crippen LogP contribution in [0.4, 0.5) is 0 Å². The van der Waals surface area contributed by atoms with Crippen LogP contribution in [0.25, 0.3) is 0 Å². The van der Waals surface area contributed by atoms with E-state index in [1.165, 1.54) is 14.0 Å². The fourth-order valence-corrected chi connectivity index (χ4v) is 0.416. The summed E-state index contributed by atoms with van der Waals surface area (Å²) >= 11 is 0. The molecule has 1 atom stereocenters. The zero-order chi connectivity index (χ0) is 9.02. The van der Waals surface area contributed by atoms with Gasteiger partial charge in [0.05, 0.1) is 0 Å². The normalized spacial score (nSPS) is 11.9. The highest BCUT2D eigenvalue weighted by Crippen LogP contribution is 1.91. The van der Waals surface area contributed by atoms with E-state index >= 15 is 0 Å².